The average molecular weight is 356 g/mol. The van der Waals surface area contributed by atoms with Crippen LogP contribution >= 0.6 is 0 Å². The van der Waals surface area contributed by atoms with Gasteiger partial charge in [0.25, 0.3) is 11.8 Å². The Morgan fingerprint density at radius 3 is 2.50 bits per heavy atom. The van der Waals surface area contributed by atoms with E-state index in [9.17, 15) is 18.4 Å². The predicted octanol–water partition coefficient (Wildman–Crippen LogP) is 3.74. The van der Waals surface area contributed by atoms with Crippen molar-refractivity contribution in [3.05, 3.63) is 89.4 Å². The molecule has 0 bridgehead atoms. The van der Waals surface area contributed by atoms with Crippen LogP contribution < -0.4 is 10.6 Å². The number of carbonyl (C=O) groups is 2. The van der Waals surface area contributed by atoms with E-state index in [0.717, 1.165) is 18.2 Å². The Bertz CT molecular complexity index is 940. The van der Waals surface area contributed by atoms with Crippen molar-refractivity contribution in [1.82, 2.24) is 5.32 Å². The molecule has 26 heavy (non-hydrogen) atoms. The highest BCUT2D eigenvalue weighted by atomic mass is 19.1. The minimum atomic E-state index is -0.858. The van der Waals surface area contributed by atoms with Gasteiger partial charge in [-0.25, -0.2) is 8.78 Å². The lowest BCUT2D eigenvalue weighted by atomic mass is 10.1. The predicted molar refractivity (Wildman–Crippen MR) is 90.6 cm³/mol. The summed E-state index contributed by atoms with van der Waals surface area (Å²) >= 11 is 0. The highest BCUT2D eigenvalue weighted by Crippen LogP contribution is 2.18. The van der Waals surface area contributed by atoms with Crippen LogP contribution in [0.4, 0.5) is 14.5 Å². The third-order valence-electron chi connectivity index (χ3n) is 3.60. The van der Waals surface area contributed by atoms with Crippen molar-refractivity contribution in [3.8, 4) is 0 Å². The molecule has 2 N–H and O–H groups in total. The monoisotopic (exact) mass is 356 g/mol. The smallest absolute Gasteiger partial charge is 0.258 e. The minimum absolute atomic E-state index is 0.173. The summed E-state index contributed by atoms with van der Waals surface area (Å²) < 4.78 is 32.1. The molecule has 2 amide bonds. The lowest BCUT2D eigenvalue weighted by molar-refractivity contribution is 0.0949. The molecule has 0 fully saturated rings. The topological polar surface area (TPSA) is 71.3 Å². The fourth-order valence-electron chi connectivity index (χ4n) is 2.33. The van der Waals surface area contributed by atoms with Gasteiger partial charge < -0.3 is 15.1 Å². The number of hydrogen-bond donors (Lipinski definition) is 2. The number of halogens is 2. The van der Waals surface area contributed by atoms with Gasteiger partial charge in [-0.05, 0) is 42.5 Å². The van der Waals surface area contributed by atoms with Crippen molar-refractivity contribution < 1.29 is 22.8 Å². The Morgan fingerprint density at radius 1 is 0.923 bits per heavy atom. The maximum Gasteiger partial charge on any atom is 0.258 e. The average Bonchev–Trinajstić information content (AvgIpc) is 3.15. The van der Waals surface area contributed by atoms with Crippen LogP contribution in [0.3, 0.4) is 0 Å². The number of nitrogens with one attached hydrogen (secondary N) is 2. The van der Waals surface area contributed by atoms with Gasteiger partial charge in [0.2, 0.25) is 0 Å². The van der Waals surface area contributed by atoms with E-state index in [1.54, 1.807) is 24.3 Å². The van der Waals surface area contributed by atoms with E-state index in [1.807, 2.05) is 0 Å². The quantitative estimate of drug-likeness (QED) is 0.732. The molecule has 0 aliphatic carbocycles. The fourth-order valence-corrected chi connectivity index (χ4v) is 2.33. The molecule has 132 valence electrons. The summed E-state index contributed by atoms with van der Waals surface area (Å²) in [4.78, 5) is 24.6. The summed E-state index contributed by atoms with van der Waals surface area (Å²) in [5.74, 6) is -2.32. The molecule has 2 aromatic carbocycles. The van der Waals surface area contributed by atoms with Gasteiger partial charge in [0.05, 0.1) is 29.6 Å². The SMILES string of the molecule is O=C(Nc1ccccc1C(=O)NCc1ccco1)c1cc(F)ccc1F. The Kier molecular flexibility index (Phi) is 5.07. The van der Waals surface area contributed by atoms with E-state index in [-0.39, 0.29) is 17.8 Å². The van der Waals surface area contributed by atoms with Gasteiger partial charge >= 0.3 is 0 Å². The standard InChI is InChI=1S/C19H14F2N2O3/c20-12-7-8-16(21)15(10-12)19(25)23-17-6-2-1-5-14(17)18(24)22-11-13-4-3-9-26-13/h1-10H,11H2,(H,22,24)(H,23,25). The fraction of sp³-hybridized carbons (Fsp3) is 0.0526. The molecule has 0 aliphatic rings. The zero-order chi connectivity index (χ0) is 18.5. The van der Waals surface area contributed by atoms with E-state index in [2.05, 4.69) is 10.6 Å². The molecule has 0 atom stereocenters. The van der Waals surface area contributed by atoms with Crippen LogP contribution in [-0.2, 0) is 6.54 Å². The first-order valence-electron chi connectivity index (χ1n) is 7.70. The van der Waals surface area contributed by atoms with E-state index in [1.165, 1.54) is 18.4 Å². The lowest BCUT2D eigenvalue weighted by Gasteiger charge is -2.11. The number of rotatable bonds is 5. The largest absolute Gasteiger partial charge is 0.467 e. The molecule has 1 aromatic heterocycles. The van der Waals surface area contributed by atoms with Gasteiger partial charge in [-0.3, -0.25) is 9.59 Å². The van der Waals surface area contributed by atoms with Crippen molar-refractivity contribution in [2.75, 3.05) is 5.32 Å². The van der Waals surface area contributed by atoms with Crippen LogP contribution in [-0.4, -0.2) is 11.8 Å². The summed E-state index contributed by atoms with van der Waals surface area (Å²) in [7, 11) is 0. The second-order valence-electron chi connectivity index (χ2n) is 5.39. The lowest BCUT2D eigenvalue weighted by Crippen LogP contribution is -2.25. The number of benzene rings is 2. The molecule has 7 heteroatoms. The first-order chi connectivity index (χ1) is 12.5. The number of carbonyl (C=O) groups excluding carboxylic acids is 2. The summed E-state index contributed by atoms with van der Waals surface area (Å²) in [6.07, 6.45) is 1.49. The van der Waals surface area contributed by atoms with Crippen LogP contribution in [0.1, 0.15) is 26.5 Å². The van der Waals surface area contributed by atoms with Crippen molar-refractivity contribution in [2.45, 2.75) is 6.54 Å². The zero-order valence-electron chi connectivity index (χ0n) is 13.5. The maximum absolute atomic E-state index is 13.7. The van der Waals surface area contributed by atoms with Crippen LogP contribution in [0.2, 0.25) is 0 Å². The first-order valence-corrected chi connectivity index (χ1v) is 7.70. The van der Waals surface area contributed by atoms with E-state index in [4.69, 9.17) is 4.42 Å². The number of hydrogen-bond acceptors (Lipinski definition) is 3. The summed E-state index contributed by atoms with van der Waals surface area (Å²) in [6, 6.07) is 12.2. The van der Waals surface area contributed by atoms with Crippen LogP contribution in [0.5, 0.6) is 0 Å². The molecule has 0 spiro atoms. The third kappa shape index (κ3) is 3.94. The Morgan fingerprint density at radius 2 is 1.73 bits per heavy atom. The van der Waals surface area contributed by atoms with Crippen LogP contribution in [0, 0.1) is 11.6 Å². The van der Waals surface area contributed by atoms with Crippen molar-refractivity contribution in [2.24, 2.45) is 0 Å². The summed E-state index contributed by atoms with van der Waals surface area (Å²) in [5, 5.41) is 5.10. The Hall–Kier alpha value is -3.48. The Labute approximate surface area is 147 Å². The number of amides is 2. The van der Waals surface area contributed by atoms with Crippen molar-refractivity contribution >= 4 is 17.5 Å². The number of furan rings is 1. The Balaban J connectivity index is 1.77. The third-order valence-corrected chi connectivity index (χ3v) is 3.60. The zero-order valence-corrected chi connectivity index (χ0v) is 13.5. The summed E-state index contributed by atoms with van der Waals surface area (Å²) in [6.45, 7) is 0.173. The first kappa shape index (κ1) is 17.3. The van der Waals surface area contributed by atoms with Crippen molar-refractivity contribution in [1.29, 1.82) is 0 Å². The maximum atomic E-state index is 13.7. The van der Waals surface area contributed by atoms with Crippen LogP contribution in [0.15, 0.2) is 65.3 Å². The molecule has 3 rings (SSSR count). The molecule has 1 heterocycles. The molecule has 3 aromatic rings. The van der Waals surface area contributed by atoms with Gasteiger partial charge in [0.15, 0.2) is 0 Å². The molecule has 5 nitrogen and oxygen atoms in total. The normalized spacial score (nSPS) is 10.4. The van der Waals surface area contributed by atoms with Gasteiger partial charge in [0, 0.05) is 0 Å². The van der Waals surface area contributed by atoms with Crippen molar-refractivity contribution in [3.63, 3.8) is 0 Å². The molecular formula is C19H14F2N2O3. The number of para-hydroxylation sites is 1. The number of anilines is 1. The second kappa shape index (κ2) is 7.60. The molecular weight excluding hydrogens is 342 g/mol. The van der Waals surface area contributed by atoms with E-state index >= 15 is 0 Å². The highest BCUT2D eigenvalue weighted by Gasteiger charge is 2.17. The van der Waals surface area contributed by atoms with Gasteiger partial charge in [0.1, 0.15) is 17.4 Å². The second-order valence-corrected chi connectivity index (χ2v) is 5.39. The summed E-state index contributed by atoms with van der Waals surface area (Å²) in [5.41, 5.74) is -0.0851. The molecule has 0 aliphatic heterocycles. The minimum Gasteiger partial charge on any atom is -0.467 e. The highest BCUT2D eigenvalue weighted by molar-refractivity contribution is 6.09. The van der Waals surface area contributed by atoms with Gasteiger partial charge in [-0.1, -0.05) is 12.1 Å². The van der Waals surface area contributed by atoms with E-state index < -0.39 is 29.0 Å². The molecule has 0 saturated carbocycles. The van der Waals surface area contributed by atoms with Gasteiger partial charge in [-0.15, -0.1) is 0 Å². The van der Waals surface area contributed by atoms with Crippen LogP contribution in [0.25, 0.3) is 0 Å². The molecule has 0 unspecified atom stereocenters. The van der Waals surface area contributed by atoms with Gasteiger partial charge in [-0.2, -0.15) is 0 Å². The van der Waals surface area contributed by atoms with E-state index in [0.29, 0.717) is 5.76 Å². The molecule has 0 saturated heterocycles. The molecule has 0 radical (unpaired) electrons.